The SMILES string of the molecule is COCCN(C(=O)CCc1ccsc1)c1c(N)n(Cc2ccccc2)c(=O)[nH]c1=O. The zero-order chi connectivity index (χ0) is 21.5. The number of aromatic nitrogens is 2. The van der Waals surface area contributed by atoms with Crippen molar-refractivity contribution >= 4 is 28.7 Å². The predicted molar refractivity (Wildman–Crippen MR) is 118 cm³/mol. The number of nitrogen functional groups attached to an aromatic ring is 1. The summed E-state index contributed by atoms with van der Waals surface area (Å²) >= 11 is 1.56. The zero-order valence-corrected chi connectivity index (χ0v) is 17.5. The summed E-state index contributed by atoms with van der Waals surface area (Å²) in [5, 5.41) is 3.93. The van der Waals surface area contributed by atoms with E-state index in [2.05, 4.69) is 4.98 Å². The summed E-state index contributed by atoms with van der Waals surface area (Å²) in [5.74, 6) is -0.312. The molecule has 30 heavy (non-hydrogen) atoms. The number of anilines is 2. The molecular formula is C21H24N4O4S. The van der Waals surface area contributed by atoms with E-state index in [0.717, 1.165) is 11.1 Å². The van der Waals surface area contributed by atoms with Crippen LogP contribution < -0.4 is 21.9 Å². The van der Waals surface area contributed by atoms with E-state index in [4.69, 9.17) is 10.5 Å². The zero-order valence-electron chi connectivity index (χ0n) is 16.7. The summed E-state index contributed by atoms with van der Waals surface area (Å²) in [6.07, 6.45) is 0.754. The van der Waals surface area contributed by atoms with Gasteiger partial charge in [-0.25, -0.2) is 4.79 Å². The van der Waals surface area contributed by atoms with Gasteiger partial charge in [-0.15, -0.1) is 0 Å². The van der Waals surface area contributed by atoms with Crippen LogP contribution in [0, 0.1) is 0 Å². The fraction of sp³-hybridized carbons (Fsp3) is 0.286. The van der Waals surface area contributed by atoms with E-state index in [1.165, 1.54) is 16.6 Å². The van der Waals surface area contributed by atoms with E-state index in [-0.39, 0.29) is 43.5 Å². The lowest BCUT2D eigenvalue weighted by molar-refractivity contribution is -0.118. The fourth-order valence-corrected chi connectivity index (χ4v) is 3.83. The number of methoxy groups -OCH3 is 1. The summed E-state index contributed by atoms with van der Waals surface area (Å²) in [6, 6.07) is 11.2. The number of nitrogens with two attached hydrogens (primary N) is 1. The second kappa shape index (κ2) is 10.0. The third-order valence-electron chi connectivity index (χ3n) is 4.70. The van der Waals surface area contributed by atoms with Gasteiger partial charge in [0.05, 0.1) is 13.2 Å². The summed E-state index contributed by atoms with van der Waals surface area (Å²) in [5.41, 5.74) is 6.79. The lowest BCUT2D eigenvalue weighted by Crippen LogP contribution is -2.42. The molecule has 0 aliphatic heterocycles. The molecule has 2 aromatic heterocycles. The first kappa shape index (κ1) is 21.5. The van der Waals surface area contributed by atoms with Crippen LogP contribution in [0.2, 0.25) is 0 Å². The molecule has 3 aromatic rings. The van der Waals surface area contributed by atoms with E-state index in [1.807, 2.05) is 47.2 Å². The molecule has 9 heteroatoms. The summed E-state index contributed by atoms with van der Waals surface area (Å²) in [6.45, 7) is 0.549. The Kier molecular flexibility index (Phi) is 7.21. The molecule has 8 nitrogen and oxygen atoms in total. The third-order valence-corrected chi connectivity index (χ3v) is 5.43. The van der Waals surface area contributed by atoms with Crippen LogP contribution in [0.25, 0.3) is 0 Å². The molecule has 3 rings (SSSR count). The van der Waals surface area contributed by atoms with Crippen LogP contribution >= 0.6 is 11.3 Å². The summed E-state index contributed by atoms with van der Waals surface area (Å²) < 4.78 is 6.37. The lowest BCUT2D eigenvalue weighted by Gasteiger charge is -2.24. The number of aryl methyl sites for hydroxylation is 1. The number of nitrogens with one attached hydrogen (secondary N) is 1. The first-order chi connectivity index (χ1) is 14.5. The number of amides is 1. The second-order valence-corrected chi connectivity index (χ2v) is 7.51. The van der Waals surface area contributed by atoms with Crippen LogP contribution in [0.5, 0.6) is 0 Å². The second-order valence-electron chi connectivity index (χ2n) is 6.73. The molecule has 0 radical (unpaired) electrons. The van der Waals surface area contributed by atoms with Gasteiger partial charge >= 0.3 is 5.69 Å². The van der Waals surface area contributed by atoms with Crippen LogP contribution in [0.15, 0.2) is 56.7 Å². The normalized spacial score (nSPS) is 10.8. The van der Waals surface area contributed by atoms with Gasteiger partial charge in [-0.05, 0) is 34.4 Å². The van der Waals surface area contributed by atoms with E-state index in [9.17, 15) is 14.4 Å². The Morgan fingerprint density at radius 2 is 1.97 bits per heavy atom. The Labute approximate surface area is 177 Å². The van der Waals surface area contributed by atoms with Crippen molar-refractivity contribution in [1.82, 2.24) is 9.55 Å². The van der Waals surface area contributed by atoms with Crippen LogP contribution in [0.4, 0.5) is 11.5 Å². The highest BCUT2D eigenvalue weighted by Gasteiger charge is 2.24. The number of hydrogen-bond donors (Lipinski definition) is 2. The Morgan fingerprint density at radius 1 is 1.20 bits per heavy atom. The maximum atomic E-state index is 13.0. The number of rotatable bonds is 9. The smallest absolute Gasteiger partial charge is 0.330 e. The van der Waals surface area contributed by atoms with Crippen LogP contribution in [0.3, 0.4) is 0 Å². The molecule has 1 aromatic carbocycles. The number of thiophene rings is 1. The van der Waals surface area contributed by atoms with E-state index in [1.54, 1.807) is 11.3 Å². The molecule has 3 N–H and O–H groups in total. The van der Waals surface area contributed by atoms with Gasteiger partial charge in [0.25, 0.3) is 5.56 Å². The largest absolute Gasteiger partial charge is 0.383 e. The first-order valence-corrected chi connectivity index (χ1v) is 10.4. The molecule has 0 fully saturated rings. The topological polar surface area (TPSA) is 110 Å². The summed E-state index contributed by atoms with van der Waals surface area (Å²) in [7, 11) is 1.51. The number of benzene rings is 1. The average molecular weight is 429 g/mol. The standard InChI is InChI=1S/C21H24N4O4S/c1-29-11-10-24(17(26)8-7-16-9-12-30-14-16)18-19(22)25(21(28)23-20(18)27)13-15-5-3-2-4-6-15/h2-6,9,12,14H,7-8,10-11,13,22H2,1H3,(H,23,27,28). The van der Waals surface area contributed by atoms with Crippen molar-refractivity contribution < 1.29 is 9.53 Å². The Bertz CT molecular complexity index is 1090. The summed E-state index contributed by atoms with van der Waals surface area (Å²) in [4.78, 5) is 41.6. The number of ether oxygens (including phenoxy) is 1. The van der Waals surface area contributed by atoms with E-state index < -0.39 is 11.2 Å². The third kappa shape index (κ3) is 5.05. The molecule has 0 bridgehead atoms. The predicted octanol–water partition coefficient (Wildman–Crippen LogP) is 1.84. The highest BCUT2D eigenvalue weighted by Crippen LogP contribution is 2.19. The van der Waals surface area contributed by atoms with Gasteiger partial charge in [-0.2, -0.15) is 11.3 Å². The first-order valence-electron chi connectivity index (χ1n) is 9.48. The van der Waals surface area contributed by atoms with E-state index >= 15 is 0 Å². The molecule has 0 aliphatic rings. The van der Waals surface area contributed by atoms with Crippen molar-refractivity contribution in [2.45, 2.75) is 19.4 Å². The van der Waals surface area contributed by atoms with Crippen molar-refractivity contribution in [2.75, 3.05) is 30.9 Å². The molecule has 0 aliphatic carbocycles. The highest BCUT2D eigenvalue weighted by molar-refractivity contribution is 7.07. The minimum atomic E-state index is -0.693. The van der Waals surface area contributed by atoms with Gasteiger partial charge in [0.1, 0.15) is 5.82 Å². The van der Waals surface area contributed by atoms with Gasteiger partial charge in [0.15, 0.2) is 5.69 Å². The molecule has 158 valence electrons. The molecule has 0 unspecified atom stereocenters. The van der Waals surface area contributed by atoms with Crippen molar-refractivity contribution in [1.29, 1.82) is 0 Å². The van der Waals surface area contributed by atoms with Crippen LogP contribution in [-0.2, 0) is 22.5 Å². The van der Waals surface area contributed by atoms with Crippen LogP contribution in [-0.4, -0.2) is 35.7 Å². The van der Waals surface area contributed by atoms with Gasteiger partial charge in [0, 0.05) is 20.1 Å². The minimum Gasteiger partial charge on any atom is -0.383 e. The van der Waals surface area contributed by atoms with Gasteiger partial charge in [0.2, 0.25) is 5.91 Å². The van der Waals surface area contributed by atoms with Gasteiger partial charge in [-0.3, -0.25) is 19.1 Å². The Hall–Kier alpha value is -3.17. The molecule has 0 saturated heterocycles. The molecule has 0 spiro atoms. The van der Waals surface area contributed by atoms with Crippen molar-refractivity contribution in [3.05, 3.63) is 79.1 Å². The maximum absolute atomic E-state index is 13.0. The number of aromatic amines is 1. The fourth-order valence-electron chi connectivity index (χ4n) is 3.13. The molecule has 2 heterocycles. The van der Waals surface area contributed by atoms with Gasteiger partial charge < -0.3 is 15.4 Å². The van der Waals surface area contributed by atoms with Crippen LogP contribution in [0.1, 0.15) is 17.5 Å². The lowest BCUT2D eigenvalue weighted by atomic mass is 10.1. The maximum Gasteiger partial charge on any atom is 0.330 e. The quantitative estimate of drug-likeness (QED) is 0.540. The Morgan fingerprint density at radius 3 is 2.63 bits per heavy atom. The number of carbonyl (C=O) groups excluding carboxylic acids is 1. The number of hydrogen-bond acceptors (Lipinski definition) is 6. The number of nitrogens with zero attached hydrogens (tertiary/aromatic N) is 2. The molecular weight excluding hydrogens is 404 g/mol. The number of carbonyl (C=O) groups is 1. The monoisotopic (exact) mass is 428 g/mol. The minimum absolute atomic E-state index is 0.0297. The van der Waals surface area contributed by atoms with Crippen molar-refractivity contribution in [3.63, 3.8) is 0 Å². The molecule has 0 atom stereocenters. The van der Waals surface area contributed by atoms with E-state index in [0.29, 0.717) is 6.42 Å². The highest BCUT2D eigenvalue weighted by atomic mass is 32.1. The average Bonchev–Trinajstić information content (AvgIpc) is 3.26. The van der Waals surface area contributed by atoms with Crippen molar-refractivity contribution in [3.8, 4) is 0 Å². The molecule has 0 saturated carbocycles. The molecule has 1 amide bonds. The van der Waals surface area contributed by atoms with Gasteiger partial charge in [-0.1, -0.05) is 30.3 Å². The Balaban J connectivity index is 1.95. The number of H-pyrrole nitrogens is 1. The van der Waals surface area contributed by atoms with Crippen molar-refractivity contribution in [2.24, 2.45) is 0 Å².